The lowest BCUT2D eigenvalue weighted by Crippen LogP contribution is -2.46. The van der Waals surface area contributed by atoms with Gasteiger partial charge in [0.25, 0.3) is 0 Å². The summed E-state index contributed by atoms with van der Waals surface area (Å²) in [6, 6.07) is 2.54. The lowest BCUT2D eigenvalue weighted by atomic mass is 10.0. The number of rotatable bonds is 3. The number of anilines is 1. The molecule has 0 spiro atoms. The first kappa shape index (κ1) is 14.2. The van der Waals surface area contributed by atoms with Gasteiger partial charge in [-0.05, 0) is 19.4 Å². The van der Waals surface area contributed by atoms with Gasteiger partial charge in [0.2, 0.25) is 10.0 Å². The Labute approximate surface area is 112 Å². The number of hydrogen-bond acceptors (Lipinski definition) is 6. The van der Waals surface area contributed by atoms with Crippen LogP contribution in [0.4, 0.5) is 5.82 Å². The maximum Gasteiger partial charge on any atom is 0.241 e. The molecule has 1 aliphatic rings. The Kier molecular flexibility index (Phi) is 3.31. The number of nitrogen functional groups attached to an aromatic ring is 1. The Balaban J connectivity index is 2.28. The first-order chi connectivity index (χ1) is 8.62. The van der Waals surface area contributed by atoms with Crippen molar-refractivity contribution in [2.75, 3.05) is 17.2 Å². The van der Waals surface area contributed by atoms with Gasteiger partial charge >= 0.3 is 0 Å². The van der Waals surface area contributed by atoms with E-state index >= 15 is 0 Å². The number of nitrogens with zero attached hydrogens (tertiary/aromatic N) is 1. The SMILES string of the molecule is CC1(NS(=O)(=O)c2ccnc(N)c2)CCS(=O)(=O)C1. The quantitative estimate of drug-likeness (QED) is 0.778. The Morgan fingerprint density at radius 2 is 2.16 bits per heavy atom. The summed E-state index contributed by atoms with van der Waals surface area (Å²) in [4.78, 5) is 3.69. The van der Waals surface area contributed by atoms with E-state index in [2.05, 4.69) is 9.71 Å². The zero-order valence-electron chi connectivity index (χ0n) is 10.3. The van der Waals surface area contributed by atoms with Crippen molar-refractivity contribution in [1.29, 1.82) is 0 Å². The van der Waals surface area contributed by atoms with Crippen LogP contribution in [0.25, 0.3) is 0 Å². The lowest BCUT2D eigenvalue weighted by Gasteiger charge is -2.23. The molecule has 1 atom stereocenters. The number of nitrogens with two attached hydrogens (primary N) is 1. The van der Waals surface area contributed by atoms with Gasteiger partial charge in [-0.3, -0.25) is 0 Å². The molecule has 1 saturated heterocycles. The lowest BCUT2D eigenvalue weighted by molar-refractivity contribution is 0.462. The summed E-state index contributed by atoms with van der Waals surface area (Å²) in [6.45, 7) is 1.58. The van der Waals surface area contributed by atoms with E-state index in [1.165, 1.54) is 18.3 Å². The van der Waals surface area contributed by atoms with E-state index in [0.717, 1.165) is 0 Å². The van der Waals surface area contributed by atoms with Crippen molar-refractivity contribution in [1.82, 2.24) is 9.71 Å². The zero-order chi connectivity index (χ0) is 14.3. The van der Waals surface area contributed by atoms with Gasteiger partial charge in [0, 0.05) is 17.8 Å². The van der Waals surface area contributed by atoms with E-state index in [1.54, 1.807) is 6.92 Å². The molecule has 9 heteroatoms. The van der Waals surface area contributed by atoms with Crippen LogP contribution in [0, 0.1) is 0 Å². The summed E-state index contributed by atoms with van der Waals surface area (Å²) >= 11 is 0. The first-order valence-corrected chi connectivity index (χ1v) is 8.88. The highest BCUT2D eigenvalue weighted by molar-refractivity contribution is 7.92. The molecule has 1 aromatic rings. The largest absolute Gasteiger partial charge is 0.384 e. The van der Waals surface area contributed by atoms with Crippen molar-refractivity contribution in [3.8, 4) is 0 Å². The van der Waals surface area contributed by atoms with Crippen LogP contribution in [0.3, 0.4) is 0 Å². The van der Waals surface area contributed by atoms with Crippen LogP contribution in [0.15, 0.2) is 23.2 Å². The summed E-state index contributed by atoms with van der Waals surface area (Å²) < 4.78 is 49.7. The molecule has 106 valence electrons. The Morgan fingerprint density at radius 1 is 1.47 bits per heavy atom. The van der Waals surface area contributed by atoms with Crippen LogP contribution < -0.4 is 10.5 Å². The third kappa shape index (κ3) is 3.23. The molecule has 0 bridgehead atoms. The number of sulfone groups is 1. The Bertz CT molecular complexity index is 699. The monoisotopic (exact) mass is 305 g/mol. The van der Waals surface area contributed by atoms with Crippen LogP contribution in [-0.4, -0.2) is 38.9 Å². The van der Waals surface area contributed by atoms with E-state index in [1.807, 2.05) is 0 Å². The molecule has 0 amide bonds. The van der Waals surface area contributed by atoms with Crippen LogP contribution in [-0.2, 0) is 19.9 Å². The number of hydrogen-bond donors (Lipinski definition) is 2. The highest BCUT2D eigenvalue weighted by Gasteiger charge is 2.41. The number of nitrogens with one attached hydrogen (secondary N) is 1. The molecule has 1 unspecified atom stereocenters. The normalized spacial score (nSPS) is 26.4. The molecule has 7 nitrogen and oxygen atoms in total. The fraction of sp³-hybridized carbons (Fsp3) is 0.500. The van der Waals surface area contributed by atoms with Crippen molar-refractivity contribution < 1.29 is 16.8 Å². The summed E-state index contributed by atoms with van der Waals surface area (Å²) in [5, 5.41) is 0. The second-order valence-electron chi connectivity index (χ2n) is 4.92. The van der Waals surface area contributed by atoms with Crippen LogP contribution in [0.2, 0.25) is 0 Å². The molecule has 0 saturated carbocycles. The minimum Gasteiger partial charge on any atom is -0.384 e. The Hall–Kier alpha value is -1.19. The van der Waals surface area contributed by atoms with Gasteiger partial charge in [-0.2, -0.15) is 0 Å². The van der Waals surface area contributed by atoms with Crippen molar-refractivity contribution in [2.45, 2.75) is 23.8 Å². The molecule has 2 rings (SSSR count). The second kappa shape index (κ2) is 4.43. The summed E-state index contributed by atoms with van der Waals surface area (Å²) in [5.41, 5.74) is 4.46. The number of aromatic nitrogens is 1. The molecule has 0 radical (unpaired) electrons. The minimum atomic E-state index is -3.81. The molecular formula is C10H15N3O4S2. The second-order valence-corrected chi connectivity index (χ2v) is 8.79. The van der Waals surface area contributed by atoms with Gasteiger partial charge in [0.15, 0.2) is 9.84 Å². The summed E-state index contributed by atoms with van der Waals surface area (Å²) in [7, 11) is -6.99. The summed E-state index contributed by atoms with van der Waals surface area (Å²) in [5.74, 6) is -0.114. The van der Waals surface area contributed by atoms with Gasteiger partial charge in [0.1, 0.15) is 5.82 Å². The van der Waals surface area contributed by atoms with E-state index in [9.17, 15) is 16.8 Å². The summed E-state index contributed by atoms with van der Waals surface area (Å²) in [6.07, 6.45) is 1.55. The average molecular weight is 305 g/mol. The van der Waals surface area contributed by atoms with Gasteiger partial charge < -0.3 is 5.73 Å². The molecule has 1 fully saturated rings. The standard InChI is InChI=1S/C10H15N3O4S2/c1-10(3-5-18(14,15)7-10)13-19(16,17)8-2-4-12-9(11)6-8/h2,4,6,13H,3,5,7H2,1H3,(H2,11,12). The fourth-order valence-corrected chi connectivity index (χ4v) is 5.71. The van der Waals surface area contributed by atoms with E-state index < -0.39 is 25.4 Å². The number of pyridine rings is 1. The van der Waals surface area contributed by atoms with Crippen molar-refractivity contribution in [2.24, 2.45) is 0 Å². The average Bonchev–Trinajstić information content (AvgIpc) is 2.51. The maximum absolute atomic E-state index is 12.2. The highest BCUT2D eigenvalue weighted by atomic mass is 32.2. The van der Waals surface area contributed by atoms with Crippen molar-refractivity contribution in [3.63, 3.8) is 0 Å². The molecule has 1 aromatic heterocycles. The Morgan fingerprint density at radius 3 is 2.68 bits per heavy atom. The molecule has 3 N–H and O–H groups in total. The van der Waals surface area contributed by atoms with Gasteiger partial charge in [0.05, 0.1) is 16.4 Å². The van der Waals surface area contributed by atoms with Gasteiger partial charge in [-0.15, -0.1) is 0 Å². The van der Waals surface area contributed by atoms with E-state index in [4.69, 9.17) is 5.73 Å². The van der Waals surface area contributed by atoms with Gasteiger partial charge in [-0.25, -0.2) is 26.5 Å². The molecule has 1 aliphatic heterocycles. The predicted molar refractivity (Wildman–Crippen MR) is 70.6 cm³/mol. The maximum atomic E-state index is 12.2. The molecule has 0 aliphatic carbocycles. The first-order valence-electron chi connectivity index (χ1n) is 5.58. The molecule has 19 heavy (non-hydrogen) atoms. The van der Waals surface area contributed by atoms with Crippen LogP contribution in [0.5, 0.6) is 0 Å². The molecule has 2 heterocycles. The fourth-order valence-electron chi connectivity index (χ4n) is 2.07. The zero-order valence-corrected chi connectivity index (χ0v) is 12.0. The molecule has 0 aromatic carbocycles. The van der Waals surface area contributed by atoms with Crippen molar-refractivity contribution in [3.05, 3.63) is 18.3 Å². The third-order valence-electron chi connectivity index (χ3n) is 2.95. The van der Waals surface area contributed by atoms with Crippen LogP contribution >= 0.6 is 0 Å². The van der Waals surface area contributed by atoms with E-state index in [-0.39, 0.29) is 28.6 Å². The highest BCUT2D eigenvalue weighted by Crippen LogP contribution is 2.25. The van der Waals surface area contributed by atoms with Crippen molar-refractivity contribution >= 4 is 25.7 Å². The van der Waals surface area contributed by atoms with Crippen LogP contribution in [0.1, 0.15) is 13.3 Å². The minimum absolute atomic E-state index is 0.00942. The van der Waals surface area contributed by atoms with E-state index in [0.29, 0.717) is 0 Å². The molecular weight excluding hydrogens is 290 g/mol. The predicted octanol–water partition coefficient (Wildman–Crippen LogP) is -0.481. The number of sulfonamides is 1. The smallest absolute Gasteiger partial charge is 0.241 e. The van der Waals surface area contributed by atoms with Gasteiger partial charge in [-0.1, -0.05) is 0 Å². The topological polar surface area (TPSA) is 119 Å². The third-order valence-corrected chi connectivity index (χ3v) is 6.49.